The molecule has 0 spiro atoms. The Morgan fingerprint density at radius 2 is 1.55 bits per heavy atom. The lowest BCUT2D eigenvalue weighted by atomic mass is 10.0. The van der Waals surface area contributed by atoms with Gasteiger partial charge in [-0.2, -0.15) is 0 Å². The predicted molar refractivity (Wildman–Crippen MR) is 122 cm³/mol. The molecular weight excluding hydrogens is 390 g/mol. The highest BCUT2D eigenvalue weighted by Gasteiger charge is 2.18. The molecule has 0 aliphatic rings. The minimum Gasteiger partial charge on any atom is -0.457 e. The van der Waals surface area contributed by atoms with E-state index in [9.17, 15) is 9.59 Å². The molecule has 31 heavy (non-hydrogen) atoms. The number of anilines is 1. The van der Waals surface area contributed by atoms with E-state index in [-0.39, 0.29) is 12.3 Å². The van der Waals surface area contributed by atoms with Crippen molar-refractivity contribution in [3.63, 3.8) is 0 Å². The van der Waals surface area contributed by atoms with Gasteiger partial charge in [0.2, 0.25) is 5.91 Å². The second-order valence-electron chi connectivity index (χ2n) is 7.58. The van der Waals surface area contributed by atoms with E-state index in [1.807, 2.05) is 72.8 Å². The number of urea groups is 1. The molecule has 0 saturated heterocycles. The summed E-state index contributed by atoms with van der Waals surface area (Å²) in [5.41, 5.74) is 7.97. The first kappa shape index (κ1) is 21.9. The van der Waals surface area contributed by atoms with Crippen molar-refractivity contribution in [1.82, 2.24) is 5.32 Å². The molecule has 0 heterocycles. The van der Waals surface area contributed by atoms with E-state index in [1.165, 1.54) is 5.56 Å². The average Bonchev–Trinajstić information content (AvgIpc) is 2.74. The number of rotatable bonds is 8. The Labute approximate surface area is 182 Å². The van der Waals surface area contributed by atoms with Crippen LogP contribution >= 0.6 is 0 Å². The van der Waals surface area contributed by atoms with Crippen LogP contribution < -0.4 is 21.1 Å². The maximum Gasteiger partial charge on any atom is 0.312 e. The van der Waals surface area contributed by atoms with Crippen molar-refractivity contribution in [2.75, 3.05) is 5.32 Å². The van der Waals surface area contributed by atoms with Crippen LogP contribution in [0.5, 0.6) is 11.5 Å². The van der Waals surface area contributed by atoms with Crippen LogP contribution in [0, 0.1) is 0 Å². The molecule has 3 amide bonds. The summed E-state index contributed by atoms with van der Waals surface area (Å²) in [6.07, 6.45) is 0.0314. The third-order valence-electron chi connectivity index (χ3n) is 4.81. The monoisotopic (exact) mass is 417 g/mol. The molecule has 0 fully saturated rings. The molecule has 1 unspecified atom stereocenters. The number of para-hydroxylation sites is 1. The third kappa shape index (κ3) is 6.60. The topological polar surface area (TPSA) is 93.5 Å². The van der Waals surface area contributed by atoms with Crippen LogP contribution in [0.2, 0.25) is 0 Å². The number of carbonyl (C=O) groups is 2. The highest BCUT2D eigenvalue weighted by atomic mass is 16.5. The van der Waals surface area contributed by atoms with Crippen LogP contribution in [0.25, 0.3) is 0 Å². The van der Waals surface area contributed by atoms with Crippen LogP contribution in [-0.4, -0.2) is 11.9 Å². The summed E-state index contributed by atoms with van der Waals surface area (Å²) in [4.78, 5) is 24.2. The molecule has 0 aliphatic heterocycles. The smallest absolute Gasteiger partial charge is 0.312 e. The molecule has 4 N–H and O–H groups in total. The summed E-state index contributed by atoms with van der Waals surface area (Å²) < 4.78 is 5.86. The van der Waals surface area contributed by atoms with Gasteiger partial charge in [0.05, 0.1) is 12.5 Å². The SMILES string of the molecule is CC(C)c1ccc(NC(=O)CC(NC(N)=O)c2cccc(Oc3ccccc3)c2)cc1. The number of benzene rings is 3. The van der Waals surface area contributed by atoms with E-state index in [0.717, 1.165) is 5.56 Å². The summed E-state index contributed by atoms with van der Waals surface area (Å²) in [5, 5.41) is 5.52. The molecule has 0 saturated carbocycles. The third-order valence-corrected chi connectivity index (χ3v) is 4.81. The van der Waals surface area contributed by atoms with E-state index in [2.05, 4.69) is 24.5 Å². The van der Waals surface area contributed by atoms with Crippen molar-refractivity contribution in [3.05, 3.63) is 90.0 Å². The summed E-state index contributed by atoms with van der Waals surface area (Å²) in [7, 11) is 0. The van der Waals surface area contributed by atoms with Gasteiger partial charge in [-0.3, -0.25) is 4.79 Å². The number of primary amides is 1. The largest absolute Gasteiger partial charge is 0.457 e. The summed E-state index contributed by atoms with van der Waals surface area (Å²) in [6.45, 7) is 4.23. The Kier molecular flexibility index (Phi) is 7.27. The number of hydrogen-bond donors (Lipinski definition) is 3. The van der Waals surface area contributed by atoms with Crippen LogP contribution in [0.15, 0.2) is 78.9 Å². The molecule has 6 heteroatoms. The first-order valence-corrected chi connectivity index (χ1v) is 10.2. The fourth-order valence-electron chi connectivity index (χ4n) is 3.19. The van der Waals surface area contributed by atoms with Crippen molar-refractivity contribution in [1.29, 1.82) is 0 Å². The number of amides is 3. The average molecular weight is 418 g/mol. The Morgan fingerprint density at radius 1 is 0.871 bits per heavy atom. The number of nitrogens with one attached hydrogen (secondary N) is 2. The molecule has 6 nitrogen and oxygen atoms in total. The van der Waals surface area contributed by atoms with Gasteiger partial charge in [-0.25, -0.2) is 4.79 Å². The number of ether oxygens (including phenoxy) is 1. The van der Waals surface area contributed by atoms with Crippen molar-refractivity contribution in [2.45, 2.75) is 32.2 Å². The van der Waals surface area contributed by atoms with Crippen molar-refractivity contribution < 1.29 is 14.3 Å². The normalized spacial score (nSPS) is 11.6. The minimum absolute atomic E-state index is 0.0314. The minimum atomic E-state index is -0.700. The Morgan fingerprint density at radius 3 is 2.19 bits per heavy atom. The van der Waals surface area contributed by atoms with Crippen molar-refractivity contribution in [2.24, 2.45) is 5.73 Å². The van der Waals surface area contributed by atoms with Crippen molar-refractivity contribution in [3.8, 4) is 11.5 Å². The highest BCUT2D eigenvalue weighted by Crippen LogP contribution is 2.26. The molecule has 0 bridgehead atoms. The molecule has 1 atom stereocenters. The van der Waals surface area contributed by atoms with Gasteiger partial charge in [-0.05, 0) is 53.4 Å². The lowest BCUT2D eigenvalue weighted by Gasteiger charge is -2.19. The Bertz CT molecular complexity index is 1020. The van der Waals surface area contributed by atoms with Gasteiger partial charge in [0.1, 0.15) is 11.5 Å². The lowest BCUT2D eigenvalue weighted by Crippen LogP contribution is -2.35. The van der Waals surface area contributed by atoms with E-state index < -0.39 is 12.1 Å². The van der Waals surface area contributed by atoms with Gasteiger partial charge in [0.15, 0.2) is 0 Å². The fraction of sp³-hybridized carbons (Fsp3) is 0.200. The second-order valence-corrected chi connectivity index (χ2v) is 7.58. The van der Waals surface area contributed by atoms with E-state index in [4.69, 9.17) is 10.5 Å². The zero-order chi connectivity index (χ0) is 22.2. The van der Waals surface area contributed by atoms with Crippen LogP contribution in [0.4, 0.5) is 10.5 Å². The molecule has 3 rings (SSSR count). The summed E-state index contributed by atoms with van der Waals surface area (Å²) in [5.74, 6) is 1.48. The van der Waals surface area contributed by atoms with Gasteiger partial charge in [0.25, 0.3) is 0 Å². The number of nitrogens with two attached hydrogens (primary N) is 1. The molecule has 0 aromatic heterocycles. The van der Waals surface area contributed by atoms with E-state index in [1.54, 1.807) is 6.07 Å². The lowest BCUT2D eigenvalue weighted by molar-refractivity contribution is -0.116. The second kappa shape index (κ2) is 10.3. The quantitative estimate of drug-likeness (QED) is 0.462. The van der Waals surface area contributed by atoms with E-state index in [0.29, 0.717) is 23.1 Å². The maximum atomic E-state index is 12.6. The zero-order valence-electron chi connectivity index (χ0n) is 17.7. The molecular formula is C25H27N3O3. The van der Waals surface area contributed by atoms with Gasteiger partial charge in [0, 0.05) is 5.69 Å². The van der Waals surface area contributed by atoms with Crippen LogP contribution in [-0.2, 0) is 4.79 Å². The van der Waals surface area contributed by atoms with E-state index >= 15 is 0 Å². The molecule has 0 aliphatic carbocycles. The standard InChI is InChI=1S/C25H27N3O3/c1-17(2)18-11-13-20(14-12-18)27-24(29)16-23(28-25(26)30)19-7-6-10-22(15-19)31-21-8-4-3-5-9-21/h3-15,17,23H,16H2,1-2H3,(H,27,29)(H3,26,28,30). The first-order chi connectivity index (χ1) is 14.9. The predicted octanol–water partition coefficient (Wildman–Crippen LogP) is 5.34. The summed E-state index contributed by atoms with van der Waals surface area (Å²) in [6, 6.07) is 23.0. The number of hydrogen-bond acceptors (Lipinski definition) is 3. The maximum absolute atomic E-state index is 12.6. The fourth-order valence-corrected chi connectivity index (χ4v) is 3.19. The van der Waals surface area contributed by atoms with Gasteiger partial charge in [-0.1, -0.05) is 56.3 Å². The van der Waals surface area contributed by atoms with Gasteiger partial charge < -0.3 is 21.1 Å². The van der Waals surface area contributed by atoms with Crippen molar-refractivity contribution >= 4 is 17.6 Å². The van der Waals surface area contributed by atoms with Gasteiger partial charge >= 0.3 is 6.03 Å². The molecule has 0 radical (unpaired) electrons. The van der Waals surface area contributed by atoms with Crippen LogP contribution in [0.1, 0.15) is 43.4 Å². The molecule has 3 aromatic carbocycles. The molecule has 3 aromatic rings. The Hall–Kier alpha value is -3.80. The van der Waals surface area contributed by atoms with Gasteiger partial charge in [-0.15, -0.1) is 0 Å². The Balaban J connectivity index is 1.71. The zero-order valence-corrected chi connectivity index (χ0v) is 17.7. The summed E-state index contributed by atoms with van der Waals surface area (Å²) >= 11 is 0. The number of carbonyl (C=O) groups excluding carboxylic acids is 2. The van der Waals surface area contributed by atoms with Crippen LogP contribution in [0.3, 0.4) is 0 Å². The molecule has 160 valence electrons. The first-order valence-electron chi connectivity index (χ1n) is 10.2. The highest BCUT2D eigenvalue weighted by molar-refractivity contribution is 5.91.